The molecule has 0 bridgehead atoms. The minimum Gasteiger partial charge on any atom is -0.350 e. The van der Waals surface area contributed by atoms with Crippen LogP contribution in [0.4, 0.5) is 0 Å². The monoisotopic (exact) mass is 205 g/mol. The van der Waals surface area contributed by atoms with Gasteiger partial charge in [0.1, 0.15) is 0 Å². The number of hydrogen-bond acceptors (Lipinski definition) is 1. The topological polar surface area (TPSA) is 29.1 Å². The van der Waals surface area contributed by atoms with Gasteiger partial charge in [0.05, 0.1) is 6.04 Å². The molecule has 2 nitrogen and oxygen atoms in total. The van der Waals surface area contributed by atoms with E-state index in [4.69, 9.17) is 0 Å². The van der Waals surface area contributed by atoms with Crippen molar-refractivity contribution in [1.82, 2.24) is 5.32 Å². The molecule has 0 aliphatic carbocycles. The first kappa shape index (κ1) is 11.8. The first-order chi connectivity index (χ1) is 7.15. The molecule has 1 atom stereocenters. The van der Waals surface area contributed by atoms with Gasteiger partial charge < -0.3 is 5.32 Å². The second-order valence-electron chi connectivity index (χ2n) is 3.90. The van der Waals surface area contributed by atoms with Gasteiger partial charge in [-0.2, -0.15) is 0 Å². The van der Waals surface area contributed by atoms with Crippen LogP contribution in [-0.4, -0.2) is 5.91 Å². The van der Waals surface area contributed by atoms with E-state index in [1.54, 1.807) is 0 Å². The molecule has 0 radical (unpaired) electrons. The van der Waals surface area contributed by atoms with E-state index in [-0.39, 0.29) is 11.9 Å². The molecule has 1 aromatic carbocycles. The first-order valence-electron chi connectivity index (χ1n) is 5.50. The maximum atomic E-state index is 11.4. The minimum absolute atomic E-state index is 0.102. The summed E-state index contributed by atoms with van der Waals surface area (Å²) in [6.07, 6.45) is 1.50. The van der Waals surface area contributed by atoms with Crippen LogP contribution < -0.4 is 5.32 Å². The molecule has 1 aromatic rings. The second kappa shape index (κ2) is 5.54. The van der Waals surface area contributed by atoms with Gasteiger partial charge in [0.2, 0.25) is 5.91 Å². The Morgan fingerprint density at radius 3 is 2.67 bits per heavy atom. The lowest BCUT2D eigenvalue weighted by molar-refractivity contribution is -0.121. The average molecular weight is 205 g/mol. The molecule has 0 saturated heterocycles. The van der Waals surface area contributed by atoms with Gasteiger partial charge in [-0.25, -0.2) is 0 Å². The van der Waals surface area contributed by atoms with E-state index >= 15 is 0 Å². The molecule has 2 heteroatoms. The van der Waals surface area contributed by atoms with Crippen molar-refractivity contribution < 1.29 is 4.79 Å². The SMILES string of the molecule is CCCC(=O)N[C@@H](C)c1ccccc1C. The summed E-state index contributed by atoms with van der Waals surface area (Å²) < 4.78 is 0. The maximum Gasteiger partial charge on any atom is 0.220 e. The van der Waals surface area contributed by atoms with Gasteiger partial charge in [-0.15, -0.1) is 0 Å². The van der Waals surface area contributed by atoms with E-state index in [9.17, 15) is 4.79 Å². The van der Waals surface area contributed by atoms with E-state index < -0.39 is 0 Å². The predicted octanol–water partition coefficient (Wildman–Crippen LogP) is 2.97. The molecule has 0 aromatic heterocycles. The first-order valence-corrected chi connectivity index (χ1v) is 5.50. The van der Waals surface area contributed by atoms with Gasteiger partial charge in [-0.3, -0.25) is 4.79 Å². The summed E-state index contributed by atoms with van der Waals surface area (Å²) in [6.45, 7) is 6.10. The average Bonchev–Trinajstić information content (AvgIpc) is 2.18. The van der Waals surface area contributed by atoms with Gasteiger partial charge in [0.25, 0.3) is 0 Å². The van der Waals surface area contributed by atoms with Gasteiger partial charge in [0, 0.05) is 6.42 Å². The normalized spacial score (nSPS) is 12.2. The van der Waals surface area contributed by atoms with Gasteiger partial charge in [-0.1, -0.05) is 31.2 Å². The largest absolute Gasteiger partial charge is 0.350 e. The Bertz CT molecular complexity index is 333. The van der Waals surface area contributed by atoms with Crippen LogP contribution in [0.25, 0.3) is 0 Å². The van der Waals surface area contributed by atoms with E-state index in [2.05, 4.69) is 24.4 Å². The molecule has 1 N–H and O–H groups in total. The second-order valence-corrected chi connectivity index (χ2v) is 3.90. The Morgan fingerprint density at radius 2 is 2.07 bits per heavy atom. The van der Waals surface area contributed by atoms with Crippen LogP contribution in [0.5, 0.6) is 0 Å². The highest BCUT2D eigenvalue weighted by Crippen LogP contribution is 2.16. The zero-order valence-corrected chi connectivity index (χ0v) is 9.71. The number of nitrogens with one attached hydrogen (secondary N) is 1. The van der Waals surface area contributed by atoms with Crippen molar-refractivity contribution in [2.45, 2.75) is 39.7 Å². The van der Waals surface area contributed by atoms with E-state index in [0.29, 0.717) is 6.42 Å². The third-order valence-electron chi connectivity index (χ3n) is 2.51. The number of amides is 1. The standard InChI is InChI=1S/C13H19NO/c1-4-7-13(15)14-11(3)12-9-6-5-8-10(12)2/h5-6,8-9,11H,4,7H2,1-3H3,(H,14,15)/t11-/m0/s1. The van der Waals surface area contributed by atoms with Crippen LogP contribution in [0.1, 0.15) is 43.9 Å². The van der Waals surface area contributed by atoms with Gasteiger partial charge in [-0.05, 0) is 31.4 Å². The lowest BCUT2D eigenvalue weighted by Crippen LogP contribution is -2.26. The number of rotatable bonds is 4. The highest BCUT2D eigenvalue weighted by Gasteiger charge is 2.09. The number of aryl methyl sites for hydroxylation is 1. The molecule has 0 heterocycles. The van der Waals surface area contributed by atoms with E-state index in [1.165, 1.54) is 11.1 Å². The van der Waals surface area contributed by atoms with Crippen molar-refractivity contribution in [1.29, 1.82) is 0 Å². The molecule has 82 valence electrons. The molecule has 15 heavy (non-hydrogen) atoms. The molecular weight excluding hydrogens is 186 g/mol. The molecule has 0 aliphatic heterocycles. The maximum absolute atomic E-state index is 11.4. The molecule has 0 aliphatic rings. The summed E-state index contributed by atoms with van der Waals surface area (Å²) in [7, 11) is 0. The molecule has 0 saturated carbocycles. The zero-order valence-electron chi connectivity index (χ0n) is 9.71. The summed E-state index contributed by atoms with van der Waals surface area (Å²) in [5.41, 5.74) is 2.42. The fourth-order valence-electron chi connectivity index (χ4n) is 1.69. The van der Waals surface area contributed by atoms with Gasteiger partial charge in [0.15, 0.2) is 0 Å². The fourth-order valence-corrected chi connectivity index (χ4v) is 1.69. The molecule has 1 rings (SSSR count). The third-order valence-corrected chi connectivity index (χ3v) is 2.51. The van der Waals surface area contributed by atoms with Crippen LogP contribution in [0.3, 0.4) is 0 Å². The molecule has 0 unspecified atom stereocenters. The van der Waals surface area contributed by atoms with Crippen molar-refractivity contribution in [2.75, 3.05) is 0 Å². The van der Waals surface area contributed by atoms with Crippen LogP contribution in [0.2, 0.25) is 0 Å². The minimum atomic E-state index is 0.102. The highest BCUT2D eigenvalue weighted by molar-refractivity contribution is 5.76. The van der Waals surface area contributed by atoms with Crippen molar-refractivity contribution in [3.8, 4) is 0 Å². The summed E-state index contributed by atoms with van der Waals surface area (Å²) in [6, 6.07) is 8.25. The summed E-state index contributed by atoms with van der Waals surface area (Å²) in [4.78, 5) is 11.4. The van der Waals surface area contributed by atoms with E-state index in [0.717, 1.165) is 6.42 Å². The van der Waals surface area contributed by atoms with Crippen molar-refractivity contribution >= 4 is 5.91 Å². The molecule has 1 amide bonds. The molecule has 0 fully saturated rings. The number of carbonyl (C=O) groups is 1. The van der Waals surface area contributed by atoms with Crippen LogP contribution >= 0.6 is 0 Å². The third kappa shape index (κ3) is 3.39. The quantitative estimate of drug-likeness (QED) is 0.804. The highest BCUT2D eigenvalue weighted by atomic mass is 16.1. The smallest absolute Gasteiger partial charge is 0.220 e. The fraction of sp³-hybridized carbons (Fsp3) is 0.462. The van der Waals surface area contributed by atoms with Crippen LogP contribution in [0, 0.1) is 6.92 Å². The van der Waals surface area contributed by atoms with Crippen molar-refractivity contribution in [3.05, 3.63) is 35.4 Å². The Hall–Kier alpha value is -1.31. The van der Waals surface area contributed by atoms with Crippen LogP contribution in [-0.2, 0) is 4.79 Å². The summed E-state index contributed by atoms with van der Waals surface area (Å²) >= 11 is 0. The number of carbonyl (C=O) groups excluding carboxylic acids is 1. The number of benzene rings is 1. The predicted molar refractivity (Wildman–Crippen MR) is 62.6 cm³/mol. The van der Waals surface area contributed by atoms with Gasteiger partial charge >= 0.3 is 0 Å². The lowest BCUT2D eigenvalue weighted by Gasteiger charge is -2.16. The molecular formula is C13H19NO. The lowest BCUT2D eigenvalue weighted by atomic mass is 10.0. The zero-order chi connectivity index (χ0) is 11.3. The Morgan fingerprint density at radius 1 is 1.40 bits per heavy atom. The van der Waals surface area contributed by atoms with Crippen molar-refractivity contribution in [3.63, 3.8) is 0 Å². The Labute approximate surface area is 91.7 Å². The summed E-state index contributed by atoms with van der Waals surface area (Å²) in [5, 5.41) is 3.00. The van der Waals surface area contributed by atoms with Crippen LogP contribution in [0.15, 0.2) is 24.3 Å². The Balaban J connectivity index is 2.65. The van der Waals surface area contributed by atoms with Crippen molar-refractivity contribution in [2.24, 2.45) is 0 Å². The molecule has 0 spiro atoms. The Kier molecular flexibility index (Phi) is 4.35. The van der Waals surface area contributed by atoms with E-state index in [1.807, 2.05) is 26.0 Å². The number of hydrogen-bond donors (Lipinski definition) is 1. The summed E-state index contributed by atoms with van der Waals surface area (Å²) in [5.74, 6) is 0.133.